The number of hydrogen-bond acceptors (Lipinski definition) is 5. The molecular weight excluding hydrogens is 469 g/mol. The Bertz CT molecular complexity index is 1510. The van der Waals surface area contributed by atoms with Crippen molar-refractivity contribution in [3.8, 4) is 22.5 Å². The maximum atomic E-state index is 13.3. The zero-order valence-corrected chi connectivity index (χ0v) is 18.7. The minimum atomic E-state index is -2.72. The van der Waals surface area contributed by atoms with Crippen LogP contribution in [0.25, 0.3) is 33.7 Å². The zero-order valence-electron chi connectivity index (χ0n) is 18.7. The molecule has 0 saturated heterocycles. The fraction of sp³-hybridized carbons (Fsp3) is 0.115. The Morgan fingerprint density at radius 1 is 0.917 bits per heavy atom. The van der Waals surface area contributed by atoms with E-state index in [9.17, 15) is 18.0 Å². The van der Waals surface area contributed by atoms with E-state index in [1.54, 1.807) is 36.8 Å². The number of aromatic nitrogens is 5. The van der Waals surface area contributed by atoms with Crippen LogP contribution >= 0.6 is 0 Å². The minimum absolute atomic E-state index is 0.172. The first-order valence-electron chi connectivity index (χ1n) is 11.0. The molecule has 4 heterocycles. The molecule has 180 valence electrons. The summed E-state index contributed by atoms with van der Waals surface area (Å²) in [4.78, 5) is 33.7. The van der Waals surface area contributed by atoms with Gasteiger partial charge in [0.2, 0.25) is 12.3 Å². The second-order valence-electron chi connectivity index (χ2n) is 7.99. The van der Waals surface area contributed by atoms with E-state index >= 15 is 0 Å². The van der Waals surface area contributed by atoms with Crippen molar-refractivity contribution >= 4 is 22.9 Å². The molecule has 36 heavy (non-hydrogen) atoms. The van der Waals surface area contributed by atoms with Gasteiger partial charge in [-0.25, -0.2) is 23.1 Å². The Kier molecular flexibility index (Phi) is 6.40. The number of fused-ring (bicyclic) bond motifs is 1. The van der Waals surface area contributed by atoms with Crippen molar-refractivity contribution in [2.24, 2.45) is 0 Å². The number of anilines is 1. The number of benzene rings is 1. The summed E-state index contributed by atoms with van der Waals surface area (Å²) < 4.78 is 39.8. The molecule has 0 aliphatic heterocycles. The largest absolute Gasteiger partial charge is 0.337 e. The third kappa shape index (κ3) is 4.78. The van der Waals surface area contributed by atoms with Gasteiger partial charge in [-0.2, -0.15) is 0 Å². The number of hydrogen-bond donors (Lipinski definition) is 2. The lowest BCUT2D eigenvalue weighted by Crippen LogP contribution is -2.23. The normalized spacial score (nSPS) is 12.1. The molecule has 0 bridgehead atoms. The first kappa shape index (κ1) is 23.2. The van der Waals surface area contributed by atoms with Gasteiger partial charge in [0.1, 0.15) is 17.2 Å². The number of halogens is 3. The number of rotatable bonds is 7. The van der Waals surface area contributed by atoms with Gasteiger partial charge in [-0.15, -0.1) is 0 Å². The molecule has 7 nitrogen and oxygen atoms in total. The lowest BCUT2D eigenvalue weighted by Gasteiger charge is -2.17. The van der Waals surface area contributed by atoms with Crippen LogP contribution in [0.5, 0.6) is 0 Å². The predicted octanol–water partition coefficient (Wildman–Crippen LogP) is 5.60. The highest BCUT2D eigenvalue weighted by atomic mass is 19.3. The van der Waals surface area contributed by atoms with Crippen LogP contribution in [-0.4, -0.2) is 37.3 Å². The second-order valence-corrected chi connectivity index (χ2v) is 7.99. The van der Waals surface area contributed by atoms with Gasteiger partial charge in [0.25, 0.3) is 0 Å². The number of carbonyl (C=O) groups is 1. The highest BCUT2D eigenvalue weighted by Crippen LogP contribution is 2.36. The van der Waals surface area contributed by atoms with Gasteiger partial charge < -0.3 is 10.3 Å². The van der Waals surface area contributed by atoms with Gasteiger partial charge in [0.05, 0.1) is 22.9 Å². The summed E-state index contributed by atoms with van der Waals surface area (Å²) in [6.45, 7) is 0. The summed E-state index contributed by atoms with van der Waals surface area (Å²) in [6, 6.07) is 13.8. The number of H-pyrrole nitrogens is 1. The maximum absolute atomic E-state index is 13.3. The van der Waals surface area contributed by atoms with Gasteiger partial charge in [-0.1, -0.05) is 18.2 Å². The standard InChI is InChI=1S/C26H19F3N6O/c27-17-6-4-15(5-7-17)18(14-20(28)29)26(36)34-21-13-16(8-10-31-21)23-22(19-3-1-2-9-30-19)24-25(35-23)33-12-11-32-24/h1-13,18,20H,14H2,(H,33,35)(H,31,34,36)/t18-/m0/s1. The molecule has 0 radical (unpaired) electrons. The van der Waals surface area contributed by atoms with Crippen LogP contribution in [0.15, 0.2) is 79.4 Å². The summed E-state index contributed by atoms with van der Waals surface area (Å²) >= 11 is 0. The number of alkyl halides is 2. The maximum Gasteiger partial charge on any atom is 0.239 e. The molecule has 2 N–H and O–H groups in total. The van der Waals surface area contributed by atoms with Crippen molar-refractivity contribution in [2.75, 3.05) is 5.32 Å². The second kappa shape index (κ2) is 9.95. The summed E-state index contributed by atoms with van der Waals surface area (Å²) in [7, 11) is 0. The van der Waals surface area contributed by atoms with Crippen molar-refractivity contribution in [3.05, 3.63) is 90.8 Å². The van der Waals surface area contributed by atoms with E-state index in [1.807, 2.05) is 12.1 Å². The number of pyridine rings is 2. The molecule has 1 aromatic carbocycles. The molecular formula is C26H19F3N6O. The lowest BCUT2D eigenvalue weighted by atomic mass is 9.95. The van der Waals surface area contributed by atoms with Gasteiger partial charge in [-0.3, -0.25) is 14.8 Å². The van der Waals surface area contributed by atoms with E-state index in [0.717, 1.165) is 17.7 Å². The third-order valence-corrected chi connectivity index (χ3v) is 5.65. The van der Waals surface area contributed by atoms with Gasteiger partial charge in [-0.05, 0) is 42.0 Å². The minimum Gasteiger partial charge on any atom is -0.337 e. The Balaban J connectivity index is 1.50. The summed E-state index contributed by atoms with van der Waals surface area (Å²) in [5.41, 5.74) is 4.20. The van der Waals surface area contributed by atoms with Crippen LogP contribution in [0, 0.1) is 5.82 Å². The highest BCUT2D eigenvalue weighted by Gasteiger charge is 2.26. The lowest BCUT2D eigenvalue weighted by molar-refractivity contribution is -0.118. The quantitative estimate of drug-likeness (QED) is 0.311. The molecule has 1 atom stereocenters. The number of amides is 1. The molecule has 5 aromatic rings. The summed E-state index contributed by atoms with van der Waals surface area (Å²) in [5, 5.41) is 2.63. The first-order chi connectivity index (χ1) is 17.5. The molecule has 0 unspecified atom stereocenters. The number of aromatic amines is 1. The number of carbonyl (C=O) groups excluding carboxylic acids is 1. The molecule has 0 fully saturated rings. The molecule has 4 aromatic heterocycles. The Morgan fingerprint density at radius 2 is 1.72 bits per heavy atom. The predicted molar refractivity (Wildman–Crippen MR) is 129 cm³/mol. The van der Waals surface area contributed by atoms with Crippen LogP contribution in [-0.2, 0) is 4.79 Å². The van der Waals surface area contributed by atoms with E-state index < -0.39 is 30.5 Å². The zero-order chi connectivity index (χ0) is 25.1. The van der Waals surface area contributed by atoms with Crippen molar-refractivity contribution in [1.29, 1.82) is 0 Å². The molecule has 10 heteroatoms. The van der Waals surface area contributed by atoms with Crippen LogP contribution < -0.4 is 5.32 Å². The number of nitrogens with zero attached hydrogens (tertiary/aromatic N) is 4. The van der Waals surface area contributed by atoms with E-state index in [4.69, 9.17) is 0 Å². The van der Waals surface area contributed by atoms with E-state index in [-0.39, 0.29) is 11.4 Å². The molecule has 1 amide bonds. The van der Waals surface area contributed by atoms with Gasteiger partial charge in [0, 0.05) is 36.8 Å². The van der Waals surface area contributed by atoms with E-state index in [0.29, 0.717) is 28.1 Å². The first-order valence-corrected chi connectivity index (χ1v) is 11.0. The molecule has 0 saturated carbocycles. The summed E-state index contributed by atoms with van der Waals surface area (Å²) in [6.07, 6.45) is 2.90. The van der Waals surface area contributed by atoms with Gasteiger partial charge >= 0.3 is 0 Å². The monoisotopic (exact) mass is 488 g/mol. The van der Waals surface area contributed by atoms with Crippen LogP contribution in [0.2, 0.25) is 0 Å². The SMILES string of the molecule is O=C(Nc1cc(-c2[nH]c3nccnc3c2-c2ccccn2)ccn1)[C@@H](CC(F)F)c1ccc(F)cc1. The molecule has 0 aliphatic rings. The van der Waals surface area contributed by atoms with E-state index in [1.165, 1.54) is 18.3 Å². The smallest absolute Gasteiger partial charge is 0.239 e. The fourth-order valence-electron chi connectivity index (χ4n) is 4.02. The summed E-state index contributed by atoms with van der Waals surface area (Å²) in [5.74, 6) is -2.20. The molecule has 5 rings (SSSR count). The van der Waals surface area contributed by atoms with Crippen molar-refractivity contribution in [1.82, 2.24) is 24.9 Å². The fourth-order valence-corrected chi connectivity index (χ4v) is 4.02. The van der Waals surface area contributed by atoms with E-state index in [2.05, 4.69) is 30.2 Å². The van der Waals surface area contributed by atoms with Crippen molar-refractivity contribution in [3.63, 3.8) is 0 Å². The Morgan fingerprint density at radius 3 is 2.47 bits per heavy atom. The van der Waals surface area contributed by atoms with Crippen molar-refractivity contribution < 1.29 is 18.0 Å². The third-order valence-electron chi connectivity index (χ3n) is 5.65. The van der Waals surface area contributed by atoms with Gasteiger partial charge in [0.15, 0.2) is 5.65 Å². The topological polar surface area (TPSA) is 96.5 Å². The molecule has 0 aliphatic carbocycles. The van der Waals surface area contributed by atoms with Crippen LogP contribution in [0.4, 0.5) is 19.0 Å². The average molecular weight is 488 g/mol. The Labute approximate surface area is 203 Å². The average Bonchev–Trinajstić information content (AvgIpc) is 3.28. The number of nitrogens with one attached hydrogen (secondary N) is 2. The van der Waals surface area contributed by atoms with Crippen molar-refractivity contribution in [2.45, 2.75) is 18.8 Å². The Hall–Kier alpha value is -4.60. The van der Waals surface area contributed by atoms with Crippen LogP contribution in [0.1, 0.15) is 17.9 Å². The highest BCUT2D eigenvalue weighted by molar-refractivity contribution is 6.00. The van der Waals surface area contributed by atoms with Crippen LogP contribution in [0.3, 0.4) is 0 Å². The molecule has 0 spiro atoms.